The molecule has 2 aliphatic heterocycles. The molecule has 6 unspecified atom stereocenters. The third kappa shape index (κ3) is 10.1. The number of piperidine rings is 1. The zero-order chi connectivity index (χ0) is 37.5. The Bertz CT molecular complexity index is 1700. The lowest BCUT2D eigenvalue weighted by molar-refractivity contribution is -0.255. The van der Waals surface area contributed by atoms with Crippen LogP contribution in [-0.2, 0) is 37.0 Å². The number of aliphatic carboxylic acids is 1. The van der Waals surface area contributed by atoms with Crippen LogP contribution in [0.2, 0.25) is 0 Å². The molecule has 53 heavy (non-hydrogen) atoms. The van der Waals surface area contributed by atoms with Gasteiger partial charge in [-0.25, -0.2) is 0 Å². The molecule has 0 radical (unpaired) electrons. The monoisotopic (exact) mass is 725 g/mol. The SMILES string of the molecule is CC(C)(C)NC(=O)C1CCC2CCCCC2N1CC1CC(c2ccc(CO)cc2)OC(c2ccc(-c3ccccc3CNC(=O)CCC(=O)O)cc2)O1. The standard InChI is InChI=1S/C43H55N3O7/c1-43(2,3)45-41(51)37-21-20-30-8-5-7-11-36(30)46(37)26-34-24-38(31-14-12-28(27-47)13-15-31)53-42(52-34)32-18-16-29(17-19-32)35-10-6-4-9-33(35)25-44-39(48)22-23-40(49)50/h4,6,9-10,12-19,30,34,36-38,42,47H,5,7-8,11,20-27H2,1-3H3,(H,44,48)(H,45,51)(H,49,50). The first-order valence-electron chi connectivity index (χ1n) is 19.2. The van der Waals surface area contributed by atoms with Gasteiger partial charge in [0.1, 0.15) is 0 Å². The van der Waals surface area contributed by atoms with Crippen molar-refractivity contribution in [1.29, 1.82) is 0 Å². The third-order valence-electron chi connectivity index (χ3n) is 10.9. The number of carbonyl (C=O) groups is 3. The summed E-state index contributed by atoms with van der Waals surface area (Å²) < 4.78 is 13.5. The summed E-state index contributed by atoms with van der Waals surface area (Å²) in [5.74, 6) is -0.616. The fraction of sp³-hybridized carbons (Fsp3) is 0.512. The Morgan fingerprint density at radius 1 is 0.849 bits per heavy atom. The van der Waals surface area contributed by atoms with Gasteiger partial charge in [-0.3, -0.25) is 19.3 Å². The molecule has 3 fully saturated rings. The lowest BCUT2D eigenvalue weighted by atomic mass is 9.75. The van der Waals surface area contributed by atoms with E-state index in [2.05, 4.69) is 15.5 Å². The molecule has 0 spiro atoms. The van der Waals surface area contributed by atoms with Crippen LogP contribution in [0, 0.1) is 5.92 Å². The molecule has 3 aromatic carbocycles. The number of carbonyl (C=O) groups excluding carboxylic acids is 2. The number of benzene rings is 3. The van der Waals surface area contributed by atoms with Crippen LogP contribution in [0.4, 0.5) is 0 Å². The summed E-state index contributed by atoms with van der Waals surface area (Å²) in [4.78, 5) is 39.4. The number of aliphatic hydroxyl groups excluding tert-OH is 1. The molecule has 0 bridgehead atoms. The second-order valence-electron chi connectivity index (χ2n) is 15.9. The van der Waals surface area contributed by atoms with Crippen LogP contribution in [-0.4, -0.2) is 63.2 Å². The molecule has 3 aromatic rings. The van der Waals surface area contributed by atoms with Gasteiger partial charge < -0.3 is 30.3 Å². The summed E-state index contributed by atoms with van der Waals surface area (Å²) in [5.41, 5.74) is 5.29. The quantitative estimate of drug-likeness (QED) is 0.160. The summed E-state index contributed by atoms with van der Waals surface area (Å²) in [5, 5.41) is 24.7. The highest BCUT2D eigenvalue weighted by atomic mass is 16.7. The van der Waals surface area contributed by atoms with Gasteiger partial charge in [0, 0.05) is 43.1 Å². The molecular weight excluding hydrogens is 670 g/mol. The second-order valence-corrected chi connectivity index (χ2v) is 15.9. The van der Waals surface area contributed by atoms with Crippen molar-refractivity contribution in [2.75, 3.05) is 6.54 Å². The van der Waals surface area contributed by atoms with Gasteiger partial charge in [-0.15, -0.1) is 0 Å². The van der Waals surface area contributed by atoms with Crippen molar-refractivity contribution in [2.45, 2.75) is 128 Å². The Balaban J connectivity index is 1.24. The summed E-state index contributed by atoms with van der Waals surface area (Å²) in [6.45, 7) is 7.00. The number of carboxylic acid groups (broad SMARTS) is 1. The molecule has 2 saturated heterocycles. The van der Waals surface area contributed by atoms with Crippen molar-refractivity contribution >= 4 is 17.8 Å². The number of likely N-dealkylation sites (tertiary alicyclic amines) is 1. The van der Waals surface area contributed by atoms with Gasteiger partial charge >= 0.3 is 5.97 Å². The number of hydrogen-bond acceptors (Lipinski definition) is 7. The van der Waals surface area contributed by atoms with Gasteiger partial charge in [0.25, 0.3) is 0 Å². The molecule has 2 heterocycles. The Hall–Kier alpha value is -4.09. The van der Waals surface area contributed by atoms with E-state index >= 15 is 0 Å². The van der Waals surface area contributed by atoms with Crippen molar-refractivity contribution in [1.82, 2.24) is 15.5 Å². The number of ether oxygens (including phenoxy) is 2. The maximum atomic E-state index is 13.8. The highest BCUT2D eigenvalue weighted by molar-refractivity contribution is 5.82. The van der Waals surface area contributed by atoms with Gasteiger partial charge in [-0.1, -0.05) is 85.6 Å². The van der Waals surface area contributed by atoms with E-state index in [9.17, 15) is 19.5 Å². The Morgan fingerprint density at radius 3 is 2.28 bits per heavy atom. The molecule has 0 aromatic heterocycles. The fourth-order valence-corrected chi connectivity index (χ4v) is 8.27. The van der Waals surface area contributed by atoms with E-state index < -0.39 is 12.3 Å². The molecule has 284 valence electrons. The average Bonchev–Trinajstić information content (AvgIpc) is 3.15. The summed E-state index contributed by atoms with van der Waals surface area (Å²) in [6, 6.07) is 24.0. The highest BCUT2D eigenvalue weighted by Crippen LogP contribution is 2.42. The minimum atomic E-state index is -0.999. The van der Waals surface area contributed by atoms with E-state index in [0.717, 1.165) is 52.6 Å². The average molecular weight is 726 g/mol. The summed E-state index contributed by atoms with van der Waals surface area (Å²) in [6.07, 6.45) is 5.94. The zero-order valence-corrected chi connectivity index (χ0v) is 31.3. The van der Waals surface area contributed by atoms with Crippen LogP contribution < -0.4 is 10.6 Å². The number of carboxylic acids is 1. The van der Waals surface area contributed by atoms with Crippen LogP contribution in [0.5, 0.6) is 0 Å². The maximum absolute atomic E-state index is 13.8. The van der Waals surface area contributed by atoms with E-state index in [4.69, 9.17) is 14.6 Å². The predicted molar refractivity (Wildman–Crippen MR) is 202 cm³/mol. The van der Waals surface area contributed by atoms with Crippen LogP contribution in [0.15, 0.2) is 72.8 Å². The van der Waals surface area contributed by atoms with Gasteiger partial charge in [0.05, 0.1) is 31.3 Å². The van der Waals surface area contributed by atoms with E-state index in [-0.39, 0.29) is 61.6 Å². The van der Waals surface area contributed by atoms with Gasteiger partial charge in [-0.2, -0.15) is 0 Å². The smallest absolute Gasteiger partial charge is 0.303 e. The number of fused-ring (bicyclic) bond motifs is 1. The van der Waals surface area contributed by atoms with Crippen LogP contribution in [0.3, 0.4) is 0 Å². The predicted octanol–water partition coefficient (Wildman–Crippen LogP) is 6.81. The zero-order valence-electron chi connectivity index (χ0n) is 31.3. The lowest BCUT2D eigenvalue weighted by Gasteiger charge is -2.50. The molecular formula is C43H55N3O7. The molecule has 2 amide bonds. The first kappa shape index (κ1) is 38.6. The summed E-state index contributed by atoms with van der Waals surface area (Å²) >= 11 is 0. The van der Waals surface area contributed by atoms with E-state index in [1.54, 1.807) is 0 Å². The van der Waals surface area contributed by atoms with Crippen LogP contribution in [0.25, 0.3) is 11.1 Å². The first-order valence-corrected chi connectivity index (χ1v) is 19.2. The fourth-order valence-electron chi connectivity index (χ4n) is 8.27. The molecule has 3 aliphatic rings. The molecule has 10 heteroatoms. The molecule has 10 nitrogen and oxygen atoms in total. The second kappa shape index (κ2) is 17.4. The molecule has 6 rings (SSSR count). The van der Waals surface area contributed by atoms with E-state index in [0.29, 0.717) is 24.9 Å². The molecule has 1 saturated carbocycles. The third-order valence-corrected chi connectivity index (χ3v) is 10.9. The van der Waals surface area contributed by atoms with Crippen molar-refractivity contribution in [3.8, 4) is 11.1 Å². The number of amides is 2. The molecule has 4 N–H and O–H groups in total. The van der Waals surface area contributed by atoms with E-state index in [1.165, 1.54) is 19.3 Å². The van der Waals surface area contributed by atoms with Crippen molar-refractivity contribution in [3.05, 3.63) is 95.1 Å². The van der Waals surface area contributed by atoms with Crippen molar-refractivity contribution in [3.63, 3.8) is 0 Å². The van der Waals surface area contributed by atoms with Crippen molar-refractivity contribution in [2.24, 2.45) is 5.92 Å². The minimum Gasteiger partial charge on any atom is -0.481 e. The van der Waals surface area contributed by atoms with Crippen LogP contribution >= 0.6 is 0 Å². The normalized spacial score (nSPS) is 24.9. The molecule has 6 atom stereocenters. The minimum absolute atomic E-state index is 0.0255. The molecule has 1 aliphatic carbocycles. The van der Waals surface area contributed by atoms with Gasteiger partial charge in [0.2, 0.25) is 11.8 Å². The maximum Gasteiger partial charge on any atom is 0.303 e. The van der Waals surface area contributed by atoms with Crippen molar-refractivity contribution < 1.29 is 34.1 Å². The number of hydrogen-bond donors (Lipinski definition) is 4. The Morgan fingerprint density at radius 2 is 1.57 bits per heavy atom. The number of rotatable bonds is 12. The number of aliphatic hydroxyl groups is 1. The highest BCUT2D eigenvalue weighted by Gasteiger charge is 2.44. The van der Waals surface area contributed by atoms with Gasteiger partial charge in [-0.05, 0) is 80.2 Å². The van der Waals surface area contributed by atoms with E-state index in [1.807, 2.05) is 93.6 Å². The topological polar surface area (TPSA) is 137 Å². The van der Waals surface area contributed by atoms with Crippen LogP contribution in [0.1, 0.15) is 113 Å². The number of nitrogens with one attached hydrogen (secondary N) is 2. The summed E-state index contributed by atoms with van der Waals surface area (Å²) in [7, 11) is 0. The number of nitrogens with zero attached hydrogens (tertiary/aromatic N) is 1. The Kier molecular flexibility index (Phi) is 12.7. The first-order chi connectivity index (χ1) is 25.5. The lowest BCUT2D eigenvalue weighted by Crippen LogP contribution is -2.61. The largest absolute Gasteiger partial charge is 0.481 e. The Labute approximate surface area is 313 Å². The van der Waals surface area contributed by atoms with Gasteiger partial charge in [0.15, 0.2) is 6.29 Å².